The van der Waals surface area contributed by atoms with Gasteiger partial charge in [0.1, 0.15) is 11.6 Å². The molecule has 100 valence electrons. The van der Waals surface area contributed by atoms with Gasteiger partial charge in [-0.2, -0.15) is 0 Å². The van der Waals surface area contributed by atoms with Crippen molar-refractivity contribution in [1.29, 1.82) is 0 Å². The third-order valence-corrected chi connectivity index (χ3v) is 3.76. The van der Waals surface area contributed by atoms with Crippen LogP contribution in [-0.2, 0) is 6.42 Å². The zero-order chi connectivity index (χ0) is 13.5. The Labute approximate surface area is 115 Å². The number of aromatic amines is 1. The molecule has 0 unspecified atom stereocenters. The highest BCUT2D eigenvalue weighted by Gasteiger charge is 2.12. The fourth-order valence-electron chi connectivity index (χ4n) is 2.72. The third kappa shape index (κ3) is 1.84. The van der Waals surface area contributed by atoms with E-state index in [1.807, 2.05) is 0 Å². The molecule has 0 saturated heterocycles. The van der Waals surface area contributed by atoms with Gasteiger partial charge in [0, 0.05) is 17.8 Å². The molecule has 0 atom stereocenters. The monoisotopic (exact) mass is 267 g/mol. The molecule has 1 aromatic heterocycles. The van der Waals surface area contributed by atoms with Crippen molar-refractivity contribution in [3.05, 3.63) is 47.8 Å². The van der Waals surface area contributed by atoms with Gasteiger partial charge in [0.05, 0.1) is 11.0 Å². The minimum atomic E-state index is -0.232. The highest BCUT2D eigenvalue weighted by molar-refractivity contribution is 5.84. The maximum absolute atomic E-state index is 13.0. The van der Waals surface area contributed by atoms with Crippen LogP contribution in [0.5, 0.6) is 0 Å². The highest BCUT2D eigenvalue weighted by Crippen LogP contribution is 2.28. The number of aryl methyl sites for hydroxylation is 1. The van der Waals surface area contributed by atoms with E-state index in [2.05, 4.69) is 27.4 Å². The third-order valence-electron chi connectivity index (χ3n) is 3.76. The van der Waals surface area contributed by atoms with Crippen LogP contribution in [0, 0.1) is 5.82 Å². The number of rotatable bonds is 1. The average molecular weight is 267 g/mol. The lowest BCUT2D eigenvalue weighted by Gasteiger charge is -2.17. The van der Waals surface area contributed by atoms with Gasteiger partial charge in [0.25, 0.3) is 0 Å². The number of aromatic nitrogens is 2. The first-order valence-electron chi connectivity index (χ1n) is 6.82. The second kappa shape index (κ2) is 4.34. The SMILES string of the molecule is Fc1ccc(-c2nc3cc4c(cc3[nH]2)CCCN4)cc1. The molecule has 2 aromatic carbocycles. The van der Waals surface area contributed by atoms with Crippen LogP contribution >= 0.6 is 0 Å². The van der Waals surface area contributed by atoms with E-state index < -0.39 is 0 Å². The number of nitrogens with one attached hydrogen (secondary N) is 2. The molecule has 1 aliphatic heterocycles. The Morgan fingerprint density at radius 1 is 1.10 bits per heavy atom. The molecular formula is C16H14FN3. The van der Waals surface area contributed by atoms with Crippen molar-refractivity contribution < 1.29 is 4.39 Å². The Balaban J connectivity index is 1.84. The maximum Gasteiger partial charge on any atom is 0.138 e. The largest absolute Gasteiger partial charge is 0.385 e. The first kappa shape index (κ1) is 11.5. The van der Waals surface area contributed by atoms with Gasteiger partial charge in [-0.15, -0.1) is 0 Å². The van der Waals surface area contributed by atoms with E-state index in [9.17, 15) is 4.39 Å². The summed E-state index contributed by atoms with van der Waals surface area (Å²) in [5, 5.41) is 3.41. The molecule has 4 heteroatoms. The number of halogens is 1. The molecule has 2 N–H and O–H groups in total. The average Bonchev–Trinajstić information content (AvgIpc) is 2.88. The number of anilines is 1. The summed E-state index contributed by atoms with van der Waals surface area (Å²) < 4.78 is 13.0. The molecule has 0 aliphatic carbocycles. The lowest BCUT2D eigenvalue weighted by Crippen LogP contribution is -2.11. The number of hydrogen-bond acceptors (Lipinski definition) is 2. The lowest BCUT2D eigenvalue weighted by atomic mass is 10.0. The Morgan fingerprint density at radius 3 is 2.80 bits per heavy atom. The van der Waals surface area contributed by atoms with Crippen molar-refractivity contribution in [1.82, 2.24) is 9.97 Å². The Morgan fingerprint density at radius 2 is 1.95 bits per heavy atom. The molecule has 3 nitrogen and oxygen atoms in total. The molecule has 1 aliphatic rings. The number of H-pyrrole nitrogens is 1. The standard InChI is InChI=1S/C16H14FN3/c17-12-5-3-10(4-6-12)16-19-14-8-11-2-1-7-18-13(11)9-15(14)20-16/h3-6,8-9,18H,1-2,7H2,(H,19,20). The van der Waals surface area contributed by atoms with Gasteiger partial charge in [-0.3, -0.25) is 0 Å². The predicted octanol–water partition coefficient (Wildman–Crippen LogP) is 3.73. The van der Waals surface area contributed by atoms with Gasteiger partial charge in [-0.1, -0.05) is 0 Å². The van der Waals surface area contributed by atoms with Crippen molar-refractivity contribution in [2.24, 2.45) is 0 Å². The Kier molecular flexibility index (Phi) is 2.49. The maximum atomic E-state index is 13.0. The molecule has 0 radical (unpaired) electrons. The van der Waals surface area contributed by atoms with Crippen molar-refractivity contribution in [3.8, 4) is 11.4 Å². The number of benzene rings is 2. The van der Waals surface area contributed by atoms with E-state index in [0.29, 0.717) is 0 Å². The summed E-state index contributed by atoms with van der Waals surface area (Å²) in [6.07, 6.45) is 2.26. The van der Waals surface area contributed by atoms with Crippen LogP contribution in [0.15, 0.2) is 36.4 Å². The van der Waals surface area contributed by atoms with Crippen LogP contribution in [0.25, 0.3) is 22.4 Å². The van der Waals surface area contributed by atoms with Crippen LogP contribution in [0.2, 0.25) is 0 Å². The molecule has 4 rings (SSSR count). The van der Waals surface area contributed by atoms with E-state index in [4.69, 9.17) is 0 Å². The molecule has 0 saturated carbocycles. The van der Waals surface area contributed by atoms with E-state index >= 15 is 0 Å². The summed E-state index contributed by atoms with van der Waals surface area (Å²) in [5.74, 6) is 0.548. The second-order valence-electron chi connectivity index (χ2n) is 5.15. The molecule has 20 heavy (non-hydrogen) atoms. The zero-order valence-electron chi connectivity index (χ0n) is 10.9. The van der Waals surface area contributed by atoms with Crippen molar-refractivity contribution >= 4 is 16.7 Å². The fraction of sp³-hybridized carbons (Fsp3) is 0.188. The Hall–Kier alpha value is -2.36. The summed E-state index contributed by atoms with van der Waals surface area (Å²) in [5.41, 5.74) is 5.39. The van der Waals surface area contributed by atoms with Gasteiger partial charge in [-0.05, 0) is 54.8 Å². The number of nitrogens with zero attached hydrogens (tertiary/aromatic N) is 1. The van der Waals surface area contributed by atoms with E-state index in [0.717, 1.165) is 41.8 Å². The second-order valence-corrected chi connectivity index (χ2v) is 5.15. The fourth-order valence-corrected chi connectivity index (χ4v) is 2.72. The molecular weight excluding hydrogens is 253 g/mol. The van der Waals surface area contributed by atoms with Crippen LogP contribution in [0.1, 0.15) is 12.0 Å². The predicted molar refractivity (Wildman–Crippen MR) is 78.3 cm³/mol. The quantitative estimate of drug-likeness (QED) is 0.705. The number of fused-ring (bicyclic) bond motifs is 2. The van der Waals surface area contributed by atoms with Crippen molar-refractivity contribution in [2.45, 2.75) is 12.8 Å². The first-order chi connectivity index (χ1) is 9.79. The summed E-state index contributed by atoms with van der Waals surface area (Å²) in [6.45, 7) is 1.02. The Bertz CT molecular complexity index is 731. The van der Waals surface area contributed by atoms with Crippen LogP contribution in [-0.4, -0.2) is 16.5 Å². The van der Waals surface area contributed by atoms with Crippen molar-refractivity contribution in [3.63, 3.8) is 0 Å². The molecule has 0 fully saturated rings. The van der Waals surface area contributed by atoms with Gasteiger partial charge < -0.3 is 10.3 Å². The summed E-state index contributed by atoms with van der Waals surface area (Å²) >= 11 is 0. The van der Waals surface area contributed by atoms with E-state index in [1.54, 1.807) is 12.1 Å². The van der Waals surface area contributed by atoms with E-state index in [-0.39, 0.29) is 5.82 Å². The normalized spacial score (nSPS) is 14.1. The zero-order valence-corrected chi connectivity index (χ0v) is 10.9. The molecule has 2 heterocycles. The van der Waals surface area contributed by atoms with Gasteiger partial charge in [-0.25, -0.2) is 9.37 Å². The first-order valence-corrected chi connectivity index (χ1v) is 6.82. The number of hydrogen-bond donors (Lipinski definition) is 2. The van der Waals surface area contributed by atoms with Gasteiger partial charge in [0.2, 0.25) is 0 Å². The molecule has 3 aromatic rings. The van der Waals surface area contributed by atoms with Crippen LogP contribution in [0.3, 0.4) is 0 Å². The van der Waals surface area contributed by atoms with Crippen LogP contribution < -0.4 is 5.32 Å². The van der Waals surface area contributed by atoms with Gasteiger partial charge >= 0.3 is 0 Å². The van der Waals surface area contributed by atoms with Crippen molar-refractivity contribution in [2.75, 3.05) is 11.9 Å². The molecule has 0 bridgehead atoms. The molecule has 0 spiro atoms. The highest BCUT2D eigenvalue weighted by atomic mass is 19.1. The molecule has 0 amide bonds. The smallest absolute Gasteiger partial charge is 0.138 e. The summed E-state index contributed by atoms with van der Waals surface area (Å²) in [7, 11) is 0. The summed E-state index contributed by atoms with van der Waals surface area (Å²) in [6, 6.07) is 10.6. The summed E-state index contributed by atoms with van der Waals surface area (Å²) in [4.78, 5) is 7.92. The van der Waals surface area contributed by atoms with E-state index in [1.165, 1.54) is 23.4 Å². The van der Waals surface area contributed by atoms with Crippen LogP contribution in [0.4, 0.5) is 10.1 Å². The van der Waals surface area contributed by atoms with Gasteiger partial charge in [0.15, 0.2) is 0 Å². The number of imidazole rings is 1. The minimum Gasteiger partial charge on any atom is -0.385 e. The lowest BCUT2D eigenvalue weighted by molar-refractivity contribution is 0.628. The minimum absolute atomic E-state index is 0.232. The topological polar surface area (TPSA) is 40.7 Å².